The van der Waals surface area contributed by atoms with Crippen molar-refractivity contribution in [3.63, 3.8) is 0 Å². The molecular formula is C33H38ClN3O3. The number of carbonyl (C=O) groups is 1. The van der Waals surface area contributed by atoms with Gasteiger partial charge in [-0.05, 0) is 85.9 Å². The van der Waals surface area contributed by atoms with E-state index in [1.54, 1.807) is 13.4 Å². The summed E-state index contributed by atoms with van der Waals surface area (Å²) in [7, 11) is 1.74. The normalized spacial score (nSPS) is 17.8. The van der Waals surface area contributed by atoms with E-state index in [2.05, 4.69) is 64.6 Å². The molecule has 210 valence electrons. The van der Waals surface area contributed by atoms with Crippen LogP contribution in [0.1, 0.15) is 62.1 Å². The van der Waals surface area contributed by atoms with E-state index in [9.17, 15) is 4.79 Å². The summed E-state index contributed by atoms with van der Waals surface area (Å²) in [6.45, 7) is 7.56. The number of para-hydroxylation sites is 1. The van der Waals surface area contributed by atoms with Crippen LogP contribution >= 0.6 is 11.6 Å². The van der Waals surface area contributed by atoms with Gasteiger partial charge < -0.3 is 19.4 Å². The highest BCUT2D eigenvalue weighted by atomic mass is 35.5. The number of hydrogen-bond donors (Lipinski definition) is 1. The second-order valence-electron chi connectivity index (χ2n) is 11.6. The summed E-state index contributed by atoms with van der Waals surface area (Å²) in [5.41, 5.74) is 7.19. The Hall–Kier alpha value is -3.35. The fraction of sp³-hybridized carbons (Fsp3) is 0.394. The minimum Gasteiger partial charge on any atom is -0.444 e. The predicted molar refractivity (Wildman–Crippen MR) is 161 cm³/mol. The third-order valence-electron chi connectivity index (χ3n) is 7.67. The highest BCUT2D eigenvalue weighted by Crippen LogP contribution is 2.44. The van der Waals surface area contributed by atoms with E-state index in [4.69, 9.17) is 21.1 Å². The van der Waals surface area contributed by atoms with Gasteiger partial charge in [0.15, 0.2) is 0 Å². The zero-order valence-electron chi connectivity index (χ0n) is 23.7. The summed E-state index contributed by atoms with van der Waals surface area (Å²) >= 11 is 7.10. The van der Waals surface area contributed by atoms with Gasteiger partial charge in [-0.1, -0.05) is 60.1 Å². The Kier molecular flexibility index (Phi) is 8.48. The highest BCUT2D eigenvalue weighted by molar-refractivity contribution is 6.31. The lowest BCUT2D eigenvalue weighted by atomic mass is 9.76. The smallest absolute Gasteiger partial charge is 0.410 e. The Morgan fingerprint density at radius 3 is 2.67 bits per heavy atom. The van der Waals surface area contributed by atoms with Crippen molar-refractivity contribution < 1.29 is 14.3 Å². The third kappa shape index (κ3) is 6.18. The van der Waals surface area contributed by atoms with Gasteiger partial charge in [-0.2, -0.15) is 0 Å². The molecule has 1 saturated heterocycles. The number of halogens is 1. The van der Waals surface area contributed by atoms with E-state index in [0.717, 1.165) is 48.0 Å². The number of carbonyl (C=O) groups excluding carboxylic acids is 1. The lowest BCUT2D eigenvalue weighted by molar-refractivity contribution is 0.0184. The number of H-pyrrole nitrogens is 1. The molecule has 6 nitrogen and oxygen atoms in total. The van der Waals surface area contributed by atoms with E-state index < -0.39 is 5.60 Å². The van der Waals surface area contributed by atoms with Crippen LogP contribution in [0.4, 0.5) is 4.79 Å². The number of nitrogens with zero attached hydrogens (tertiary/aromatic N) is 2. The highest BCUT2D eigenvalue weighted by Gasteiger charge is 2.37. The van der Waals surface area contributed by atoms with Crippen LogP contribution in [0.2, 0.25) is 5.02 Å². The largest absolute Gasteiger partial charge is 0.444 e. The Morgan fingerprint density at radius 1 is 1.07 bits per heavy atom. The number of imidazole rings is 1. The summed E-state index contributed by atoms with van der Waals surface area (Å²) in [5, 5.41) is 0.708. The summed E-state index contributed by atoms with van der Waals surface area (Å²) in [6, 6.07) is 21.1. The molecule has 3 aromatic carbocycles. The first-order valence-electron chi connectivity index (χ1n) is 14.0. The Bertz CT molecular complexity index is 1480. The summed E-state index contributed by atoms with van der Waals surface area (Å²) in [6.07, 6.45) is 4.14. The van der Waals surface area contributed by atoms with Gasteiger partial charge in [-0.25, -0.2) is 9.78 Å². The second-order valence-corrected chi connectivity index (χ2v) is 12.0. The number of hydrogen-bond acceptors (Lipinski definition) is 4. The zero-order chi connectivity index (χ0) is 28.3. The van der Waals surface area contributed by atoms with Gasteiger partial charge in [-0.3, -0.25) is 0 Å². The first-order chi connectivity index (χ1) is 19.2. The molecule has 2 atom stereocenters. The van der Waals surface area contributed by atoms with Gasteiger partial charge in [0.05, 0.1) is 17.4 Å². The Morgan fingerprint density at radius 2 is 1.90 bits per heavy atom. The van der Waals surface area contributed by atoms with Crippen molar-refractivity contribution in [1.82, 2.24) is 14.9 Å². The maximum atomic E-state index is 13.1. The number of likely N-dealkylation sites (tertiary alicyclic amines) is 1. The van der Waals surface area contributed by atoms with Gasteiger partial charge in [0.25, 0.3) is 0 Å². The van der Waals surface area contributed by atoms with Crippen molar-refractivity contribution in [1.29, 1.82) is 0 Å². The van der Waals surface area contributed by atoms with Crippen LogP contribution in [0, 0.1) is 0 Å². The van der Waals surface area contributed by atoms with Gasteiger partial charge in [0.1, 0.15) is 5.60 Å². The fourth-order valence-corrected chi connectivity index (χ4v) is 6.16. The summed E-state index contributed by atoms with van der Waals surface area (Å²) in [4.78, 5) is 22.8. The van der Waals surface area contributed by atoms with Crippen molar-refractivity contribution in [3.8, 4) is 11.1 Å². The number of rotatable bonds is 7. The summed E-state index contributed by atoms with van der Waals surface area (Å²) < 4.78 is 11.0. The molecule has 0 radical (unpaired) electrons. The number of ether oxygens (including phenoxy) is 2. The molecule has 5 rings (SSSR count). The molecule has 4 aromatic rings. The number of aromatic nitrogens is 2. The van der Waals surface area contributed by atoms with Crippen LogP contribution in [0.5, 0.6) is 0 Å². The lowest BCUT2D eigenvalue weighted by Gasteiger charge is -2.40. The molecule has 0 spiro atoms. The molecule has 0 aliphatic carbocycles. The number of aryl methyl sites for hydroxylation is 1. The van der Waals surface area contributed by atoms with Crippen molar-refractivity contribution in [3.05, 3.63) is 88.7 Å². The number of benzene rings is 3. The number of aromatic amines is 1. The van der Waals surface area contributed by atoms with Crippen LogP contribution < -0.4 is 0 Å². The molecule has 7 heteroatoms. The molecule has 2 heterocycles. The molecule has 0 saturated carbocycles. The van der Waals surface area contributed by atoms with Gasteiger partial charge in [0, 0.05) is 37.7 Å². The van der Waals surface area contributed by atoms with Gasteiger partial charge in [0.2, 0.25) is 0 Å². The lowest BCUT2D eigenvalue weighted by Crippen LogP contribution is -2.44. The molecule has 1 amide bonds. The fourth-order valence-electron chi connectivity index (χ4n) is 5.84. The van der Waals surface area contributed by atoms with Crippen LogP contribution in [0.15, 0.2) is 67.0 Å². The van der Waals surface area contributed by atoms with Crippen LogP contribution in [0.25, 0.3) is 22.2 Å². The van der Waals surface area contributed by atoms with Crippen LogP contribution in [-0.2, 0) is 15.9 Å². The van der Waals surface area contributed by atoms with E-state index in [1.807, 2.05) is 31.7 Å². The van der Waals surface area contributed by atoms with Gasteiger partial charge >= 0.3 is 6.09 Å². The molecule has 0 bridgehead atoms. The third-order valence-corrected chi connectivity index (χ3v) is 8.00. The zero-order valence-corrected chi connectivity index (χ0v) is 24.5. The SMILES string of the molecule is COCCCc1ccccc1-c1ccc([C@H]2CN(C(=O)OC(C)(C)C)CC[C@@H]2c2cccc3[nH]cnc23)c(Cl)c1. The standard InChI is InChI=1S/C33H38ClN3O3/c1-33(2,3)40-32(38)37-17-16-25(27-12-7-13-30-31(27)36-21-35-30)28(20-37)26-15-14-23(19-29(26)34)24-11-6-5-9-22(24)10-8-18-39-4/h5-7,9,11-15,19,21,25,28H,8,10,16-18,20H2,1-4H3,(H,35,36)/t25-,28+/m1/s1. The van der Waals surface area contributed by atoms with Gasteiger partial charge in [-0.15, -0.1) is 0 Å². The molecule has 1 fully saturated rings. The molecule has 0 unspecified atom stereocenters. The molecule has 1 aliphatic heterocycles. The predicted octanol–water partition coefficient (Wildman–Crippen LogP) is 7.97. The molecule has 40 heavy (non-hydrogen) atoms. The Labute approximate surface area is 241 Å². The number of nitrogens with one attached hydrogen (secondary N) is 1. The van der Waals surface area contributed by atoms with Crippen LogP contribution in [0.3, 0.4) is 0 Å². The Balaban J connectivity index is 1.51. The maximum absolute atomic E-state index is 13.1. The minimum atomic E-state index is -0.556. The number of piperidine rings is 1. The molecule has 1 N–H and O–H groups in total. The maximum Gasteiger partial charge on any atom is 0.410 e. The van der Waals surface area contributed by atoms with Crippen molar-refractivity contribution in [2.75, 3.05) is 26.8 Å². The average Bonchev–Trinajstić information content (AvgIpc) is 3.42. The second kappa shape index (κ2) is 12.0. The topological polar surface area (TPSA) is 67.4 Å². The molecular weight excluding hydrogens is 522 g/mol. The number of amides is 1. The monoisotopic (exact) mass is 559 g/mol. The van der Waals surface area contributed by atoms with Crippen molar-refractivity contribution in [2.24, 2.45) is 0 Å². The molecule has 1 aliphatic rings. The van der Waals surface area contributed by atoms with Crippen molar-refractivity contribution in [2.45, 2.75) is 57.5 Å². The quantitative estimate of drug-likeness (QED) is 0.233. The molecule has 1 aromatic heterocycles. The average molecular weight is 560 g/mol. The first kappa shape index (κ1) is 28.2. The van der Waals surface area contributed by atoms with Crippen LogP contribution in [-0.4, -0.2) is 53.4 Å². The van der Waals surface area contributed by atoms with E-state index in [0.29, 0.717) is 18.1 Å². The summed E-state index contributed by atoms with van der Waals surface area (Å²) in [5.74, 6) is 0.137. The van der Waals surface area contributed by atoms with E-state index in [-0.39, 0.29) is 17.9 Å². The van der Waals surface area contributed by atoms with E-state index in [1.165, 1.54) is 16.7 Å². The first-order valence-corrected chi connectivity index (χ1v) is 14.4. The van der Waals surface area contributed by atoms with E-state index >= 15 is 0 Å². The number of fused-ring (bicyclic) bond motifs is 1. The number of methoxy groups -OCH3 is 1. The van der Waals surface area contributed by atoms with Crippen molar-refractivity contribution >= 4 is 28.7 Å². The minimum absolute atomic E-state index is 0.0120.